The van der Waals surface area contributed by atoms with E-state index in [0.29, 0.717) is 18.2 Å². The molecular weight excluding hydrogens is 326 g/mol. The van der Waals surface area contributed by atoms with Crippen LogP contribution in [0.5, 0.6) is 5.75 Å². The first-order valence-electron chi connectivity index (χ1n) is 3.37. The second-order valence-corrected chi connectivity index (χ2v) is 5.27. The van der Waals surface area contributed by atoms with Gasteiger partial charge in [-0.05, 0) is 18.2 Å². The minimum atomic E-state index is -5.02. The SMILES string of the molecule is O=S(=O)([O-])c1ccc(O)c(S(=O)(=O)[O-])c1.[K+].[K+]. The zero-order chi connectivity index (χ0) is 11.9. The summed E-state index contributed by atoms with van der Waals surface area (Å²) in [6, 6.07) is 1.67. The second kappa shape index (κ2) is 7.78. The molecule has 0 saturated heterocycles. The van der Waals surface area contributed by atoms with Crippen molar-refractivity contribution in [3.05, 3.63) is 18.2 Å². The van der Waals surface area contributed by atoms with Crippen molar-refractivity contribution in [2.45, 2.75) is 9.79 Å². The van der Waals surface area contributed by atoms with Gasteiger partial charge in [-0.2, -0.15) is 0 Å². The summed E-state index contributed by atoms with van der Waals surface area (Å²) in [6.07, 6.45) is 0. The average molecular weight is 330 g/mol. The van der Waals surface area contributed by atoms with Crippen molar-refractivity contribution in [2.75, 3.05) is 0 Å². The van der Waals surface area contributed by atoms with Crippen LogP contribution in [0, 0.1) is 0 Å². The molecule has 17 heavy (non-hydrogen) atoms. The van der Waals surface area contributed by atoms with Gasteiger partial charge in [0.1, 0.15) is 26.0 Å². The van der Waals surface area contributed by atoms with Crippen molar-refractivity contribution in [3.8, 4) is 5.75 Å². The third kappa shape index (κ3) is 6.40. The Kier molecular flexibility index (Phi) is 9.80. The second-order valence-electron chi connectivity index (χ2n) is 2.54. The Morgan fingerprint density at radius 2 is 1.41 bits per heavy atom. The van der Waals surface area contributed by atoms with Crippen LogP contribution >= 0.6 is 0 Å². The fourth-order valence-electron chi connectivity index (χ4n) is 0.850. The topological polar surface area (TPSA) is 135 Å². The molecule has 1 aromatic carbocycles. The van der Waals surface area contributed by atoms with Gasteiger partial charge in [-0.25, -0.2) is 16.8 Å². The Hall–Kier alpha value is 2.11. The van der Waals surface area contributed by atoms with Crippen molar-refractivity contribution in [3.63, 3.8) is 0 Å². The van der Waals surface area contributed by atoms with Crippen LogP contribution in [0.2, 0.25) is 0 Å². The summed E-state index contributed by atoms with van der Waals surface area (Å²) in [7, 11) is -9.89. The number of rotatable bonds is 2. The van der Waals surface area contributed by atoms with Crippen LogP contribution in [0.15, 0.2) is 28.0 Å². The van der Waals surface area contributed by atoms with E-state index in [2.05, 4.69) is 0 Å². The van der Waals surface area contributed by atoms with Crippen LogP contribution in [0.4, 0.5) is 0 Å². The molecule has 0 saturated carbocycles. The molecule has 0 radical (unpaired) electrons. The summed E-state index contributed by atoms with van der Waals surface area (Å²) in [6.45, 7) is 0. The molecule has 0 bridgehead atoms. The Balaban J connectivity index is 0. The Bertz CT molecular complexity index is 593. The van der Waals surface area contributed by atoms with Crippen molar-refractivity contribution < 1.29 is 134 Å². The third-order valence-electron chi connectivity index (χ3n) is 1.49. The molecule has 1 aromatic rings. The first-order valence-corrected chi connectivity index (χ1v) is 6.19. The Labute approximate surface area is 183 Å². The molecule has 11 heteroatoms. The van der Waals surface area contributed by atoms with Gasteiger partial charge in [0.05, 0.1) is 9.79 Å². The first kappa shape index (κ1) is 21.4. The maximum atomic E-state index is 10.5. The Morgan fingerprint density at radius 3 is 1.76 bits per heavy atom. The molecule has 0 heterocycles. The molecule has 0 atom stereocenters. The van der Waals surface area contributed by atoms with Gasteiger partial charge < -0.3 is 14.2 Å². The molecule has 7 nitrogen and oxygen atoms in total. The Morgan fingerprint density at radius 1 is 0.941 bits per heavy atom. The molecule has 0 fully saturated rings. The molecule has 0 unspecified atom stereocenters. The number of hydrogen-bond donors (Lipinski definition) is 1. The van der Waals surface area contributed by atoms with E-state index in [4.69, 9.17) is 5.11 Å². The van der Waals surface area contributed by atoms with Gasteiger partial charge in [0, 0.05) is 0 Å². The summed E-state index contributed by atoms with van der Waals surface area (Å²) >= 11 is 0. The van der Waals surface area contributed by atoms with E-state index in [1.807, 2.05) is 0 Å². The summed E-state index contributed by atoms with van der Waals surface area (Å²) in [4.78, 5) is -2.03. The molecule has 0 aliphatic carbocycles. The van der Waals surface area contributed by atoms with E-state index in [0.717, 1.165) is 0 Å². The van der Waals surface area contributed by atoms with Crippen molar-refractivity contribution in [2.24, 2.45) is 0 Å². The molecule has 0 amide bonds. The number of phenols is 1. The van der Waals surface area contributed by atoms with Crippen molar-refractivity contribution in [1.29, 1.82) is 0 Å². The molecule has 0 spiro atoms. The number of phenolic OH excluding ortho intramolecular Hbond substituents is 1. The van der Waals surface area contributed by atoms with Gasteiger partial charge in [0.2, 0.25) is 0 Å². The summed E-state index contributed by atoms with van der Waals surface area (Å²) in [5.74, 6) is -0.905. The van der Waals surface area contributed by atoms with Gasteiger partial charge in [0.25, 0.3) is 0 Å². The van der Waals surface area contributed by atoms with Crippen LogP contribution < -0.4 is 103 Å². The fraction of sp³-hybridized carbons (Fsp3) is 0. The normalized spacial score (nSPS) is 11.2. The third-order valence-corrected chi connectivity index (χ3v) is 3.19. The van der Waals surface area contributed by atoms with Gasteiger partial charge in [-0.15, -0.1) is 0 Å². The smallest absolute Gasteiger partial charge is 0.744 e. The minimum Gasteiger partial charge on any atom is -0.744 e. The summed E-state index contributed by atoms with van der Waals surface area (Å²) in [5, 5.41) is 8.96. The van der Waals surface area contributed by atoms with Crippen LogP contribution in [0.25, 0.3) is 0 Å². The summed E-state index contributed by atoms with van der Waals surface area (Å²) < 4.78 is 63.0. The monoisotopic (exact) mass is 330 g/mol. The molecule has 0 aromatic heterocycles. The summed E-state index contributed by atoms with van der Waals surface area (Å²) in [5.41, 5.74) is 0. The predicted molar refractivity (Wildman–Crippen MR) is 44.0 cm³/mol. The van der Waals surface area contributed by atoms with Crippen LogP contribution in [-0.2, 0) is 20.2 Å². The van der Waals surface area contributed by atoms with Gasteiger partial charge in [-0.3, -0.25) is 0 Å². The van der Waals surface area contributed by atoms with Crippen LogP contribution in [0.3, 0.4) is 0 Å². The average Bonchev–Trinajstić information content (AvgIpc) is 2.00. The molecule has 1 N–H and O–H groups in total. The van der Waals surface area contributed by atoms with E-state index in [9.17, 15) is 25.9 Å². The van der Waals surface area contributed by atoms with E-state index in [1.54, 1.807) is 0 Å². The number of hydrogen-bond acceptors (Lipinski definition) is 7. The molecule has 1 rings (SSSR count). The quantitative estimate of drug-likeness (QED) is 0.420. The van der Waals surface area contributed by atoms with Crippen molar-refractivity contribution in [1.82, 2.24) is 0 Å². The van der Waals surface area contributed by atoms with Crippen LogP contribution in [0.1, 0.15) is 0 Å². The van der Waals surface area contributed by atoms with Crippen molar-refractivity contribution >= 4 is 20.2 Å². The number of benzene rings is 1. The largest absolute Gasteiger partial charge is 1.00 e. The van der Waals surface area contributed by atoms with E-state index in [1.165, 1.54) is 0 Å². The fourth-order valence-corrected chi connectivity index (χ4v) is 2.02. The van der Waals surface area contributed by atoms with E-state index >= 15 is 0 Å². The molecule has 0 aliphatic rings. The van der Waals surface area contributed by atoms with E-state index in [-0.39, 0.29) is 103 Å². The molecular formula is C6H4K2O7S2. The minimum absolute atomic E-state index is 0. The van der Waals surface area contributed by atoms with Crippen LogP contribution in [-0.4, -0.2) is 31.0 Å². The molecule has 84 valence electrons. The van der Waals surface area contributed by atoms with Gasteiger partial charge >= 0.3 is 103 Å². The van der Waals surface area contributed by atoms with E-state index < -0.39 is 35.8 Å². The maximum Gasteiger partial charge on any atom is 1.00 e. The first-order chi connectivity index (χ1) is 6.62. The maximum absolute atomic E-state index is 10.5. The zero-order valence-corrected chi connectivity index (χ0v) is 16.8. The standard InChI is InChI=1S/C6H6O7S2.2K/c7-5-2-1-4(14(8,9)10)3-6(5)15(11,12)13;;/h1-3,7H,(H,8,9,10)(H,11,12,13);;/q;2*+1/p-2. The number of aromatic hydroxyl groups is 1. The zero-order valence-electron chi connectivity index (χ0n) is 8.95. The van der Waals surface area contributed by atoms with Gasteiger partial charge in [-0.1, -0.05) is 0 Å². The predicted octanol–water partition coefficient (Wildman–Crippen LogP) is -6.79. The van der Waals surface area contributed by atoms with Gasteiger partial charge in [0.15, 0.2) is 0 Å². The molecule has 0 aliphatic heterocycles.